The topological polar surface area (TPSA) is 79.4 Å². The highest BCUT2D eigenvalue weighted by Crippen LogP contribution is 2.25. The summed E-state index contributed by atoms with van der Waals surface area (Å²) in [5, 5.41) is 1.03. The maximum absolute atomic E-state index is 10.9. The minimum atomic E-state index is -4.18. The second-order valence-electron chi connectivity index (χ2n) is 4.27. The average molecular weight is 289 g/mol. The summed E-state index contributed by atoms with van der Waals surface area (Å²) in [6.45, 7) is 0. The maximum atomic E-state index is 10.9. The van der Waals surface area contributed by atoms with E-state index in [1.54, 1.807) is 0 Å². The Morgan fingerprint density at radius 3 is 2.35 bits per heavy atom. The Bertz CT molecular complexity index is 817. The molecule has 0 atom stereocenters. The van der Waals surface area contributed by atoms with Crippen LogP contribution in [0.3, 0.4) is 0 Å². The number of para-hydroxylation sites is 1. The zero-order valence-corrected chi connectivity index (χ0v) is 11.1. The number of H-pyrrole nitrogens is 1. The Labute approximate surface area is 115 Å². The van der Waals surface area contributed by atoms with Gasteiger partial charge in [0.2, 0.25) is 0 Å². The van der Waals surface area contributed by atoms with E-state index in [1.807, 2.05) is 30.3 Å². The van der Waals surface area contributed by atoms with Crippen molar-refractivity contribution in [2.75, 3.05) is 0 Å². The van der Waals surface area contributed by atoms with Crippen molar-refractivity contribution < 1.29 is 17.7 Å². The Balaban J connectivity index is 1.87. The van der Waals surface area contributed by atoms with Crippen LogP contribution in [0.15, 0.2) is 59.5 Å². The minimum Gasteiger partial charge on any atom is -0.441 e. The summed E-state index contributed by atoms with van der Waals surface area (Å²) >= 11 is 0. The number of aromatic amines is 1. The van der Waals surface area contributed by atoms with E-state index < -0.39 is 10.1 Å². The van der Waals surface area contributed by atoms with E-state index in [-0.39, 0.29) is 4.90 Å². The van der Waals surface area contributed by atoms with Crippen LogP contribution < -0.4 is 4.74 Å². The molecule has 0 bridgehead atoms. The summed E-state index contributed by atoms with van der Waals surface area (Å²) in [6, 6.07) is 15.1. The number of aromatic nitrogens is 1. The summed E-state index contributed by atoms with van der Waals surface area (Å²) < 4.78 is 36.3. The molecule has 0 aliphatic carbocycles. The number of hydrogen-bond acceptors (Lipinski definition) is 3. The van der Waals surface area contributed by atoms with Crippen molar-refractivity contribution >= 4 is 21.0 Å². The van der Waals surface area contributed by atoms with Gasteiger partial charge in [-0.25, -0.2) is 0 Å². The van der Waals surface area contributed by atoms with Crippen molar-refractivity contribution in [2.24, 2.45) is 0 Å². The molecular weight excluding hydrogens is 278 g/mol. The van der Waals surface area contributed by atoms with Gasteiger partial charge in [-0.2, -0.15) is 8.42 Å². The van der Waals surface area contributed by atoms with Crippen LogP contribution in [-0.2, 0) is 10.1 Å². The molecule has 0 aliphatic rings. The molecule has 20 heavy (non-hydrogen) atoms. The maximum Gasteiger partial charge on any atom is 0.294 e. The number of fused-ring (bicyclic) bond motifs is 1. The number of nitrogens with one attached hydrogen (secondary N) is 1. The molecule has 102 valence electrons. The van der Waals surface area contributed by atoms with E-state index in [9.17, 15) is 8.42 Å². The summed E-state index contributed by atoms with van der Waals surface area (Å²) in [5.74, 6) is 1.04. The first-order valence-corrected chi connectivity index (χ1v) is 7.29. The van der Waals surface area contributed by atoms with Crippen LogP contribution in [-0.4, -0.2) is 18.0 Å². The van der Waals surface area contributed by atoms with Crippen LogP contribution >= 0.6 is 0 Å². The number of rotatable bonds is 3. The van der Waals surface area contributed by atoms with Gasteiger partial charge in [0.25, 0.3) is 10.1 Å². The molecule has 2 N–H and O–H groups in total. The Morgan fingerprint density at radius 2 is 1.70 bits per heavy atom. The lowest BCUT2D eigenvalue weighted by atomic mass is 10.3. The fraction of sp³-hybridized carbons (Fsp3) is 0. The van der Waals surface area contributed by atoms with Crippen LogP contribution in [0.4, 0.5) is 0 Å². The average Bonchev–Trinajstić information content (AvgIpc) is 2.80. The number of ether oxygens (including phenoxy) is 1. The van der Waals surface area contributed by atoms with E-state index >= 15 is 0 Å². The molecule has 0 saturated carbocycles. The van der Waals surface area contributed by atoms with Gasteiger partial charge in [0, 0.05) is 17.0 Å². The summed E-state index contributed by atoms with van der Waals surface area (Å²) in [5.41, 5.74) is 0.956. The normalized spacial score (nSPS) is 11.7. The smallest absolute Gasteiger partial charge is 0.294 e. The van der Waals surface area contributed by atoms with Crippen molar-refractivity contribution in [1.82, 2.24) is 4.98 Å². The largest absolute Gasteiger partial charge is 0.441 e. The van der Waals surface area contributed by atoms with Gasteiger partial charge in [-0.05, 0) is 30.3 Å². The molecule has 0 unspecified atom stereocenters. The minimum absolute atomic E-state index is 0.165. The predicted octanol–water partition coefficient (Wildman–Crippen LogP) is 3.21. The van der Waals surface area contributed by atoms with Crippen LogP contribution in [0.5, 0.6) is 11.6 Å². The third kappa shape index (κ3) is 2.52. The van der Waals surface area contributed by atoms with E-state index in [0.717, 1.165) is 10.9 Å². The van der Waals surface area contributed by atoms with Crippen LogP contribution in [0.25, 0.3) is 10.9 Å². The van der Waals surface area contributed by atoms with E-state index in [0.29, 0.717) is 11.6 Å². The molecule has 1 aromatic heterocycles. The zero-order valence-electron chi connectivity index (χ0n) is 10.3. The fourth-order valence-electron chi connectivity index (χ4n) is 1.91. The molecule has 0 aliphatic heterocycles. The lowest BCUT2D eigenvalue weighted by Crippen LogP contribution is -1.97. The molecule has 0 saturated heterocycles. The second-order valence-corrected chi connectivity index (χ2v) is 5.69. The molecule has 2 aromatic carbocycles. The van der Waals surface area contributed by atoms with E-state index in [1.165, 1.54) is 24.3 Å². The summed E-state index contributed by atoms with van der Waals surface area (Å²) in [6.07, 6.45) is 0. The van der Waals surface area contributed by atoms with Gasteiger partial charge >= 0.3 is 0 Å². The van der Waals surface area contributed by atoms with Crippen molar-refractivity contribution in [3.63, 3.8) is 0 Å². The van der Waals surface area contributed by atoms with Crippen LogP contribution in [0, 0.1) is 0 Å². The third-order valence-electron chi connectivity index (χ3n) is 2.85. The second kappa shape index (κ2) is 4.66. The quantitative estimate of drug-likeness (QED) is 0.726. The van der Waals surface area contributed by atoms with Gasteiger partial charge in [0.1, 0.15) is 5.75 Å². The Hall–Kier alpha value is -2.31. The zero-order chi connectivity index (χ0) is 14.2. The first-order chi connectivity index (χ1) is 9.52. The van der Waals surface area contributed by atoms with E-state index in [2.05, 4.69) is 4.98 Å². The lowest BCUT2D eigenvalue weighted by molar-refractivity contribution is 0.466. The molecule has 6 heteroatoms. The fourth-order valence-corrected chi connectivity index (χ4v) is 2.39. The van der Waals surface area contributed by atoms with Crippen molar-refractivity contribution in [3.8, 4) is 11.6 Å². The lowest BCUT2D eigenvalue weighted by Gasteiger charge is -2.03. The third-order valence-corrected chi connectivity index (χ3v) is 3.72. The highest BCUT2D eigenvalue weighted by atomic mass is 32.2. The van der Waals surface area contributed by atoms with Gasteiger partial charge in [-0.1, -0.05) is 18.2 Å². The highest BCUT2D eigenvalue weighted by molar-refractivity contribution is 7.85. The molecule has 0 amide bonds. The summed E-state index contributed by atoms with van der Waals surface area (Å²) in [7, 11) is -4.18. The van der Waals surface area contributed by atoms with Crippen LogP contribution in [0.2, 0.25) is 0 Å². The first-order valence-electron chi connectivity index (χ1n) is 5.85. The molecule has 0 spiro atoms. The van der Waals surface area contributed by atoms with Gasteiger partial charge in [-0.3, -0.25) is 4.55 Å². The summed E-state index contributed by atoms with van der Waals surface area (Å²) in [4.78, 5) is 2.93. The van der Waals surface area contributed by atoms with Crippen LogP contribution in [0.1, 0.15) is 0 Å². The molecule has 0 fully saturated rings. The highest BCUT2D eigenvalue weighted by Gasteiger charge is 2.09. The van der Waals surface area contributed by atoms with Gasteiger partial charge < -0.3 is 9.72 Å². The molecule has 1 heterocycles. The van der Waals surface area contributed by atoms with E-state index in [4.69, 9.17) is 9.29 Å². The molecule has 5 nitrogen and oxygen atoms in total. The van der Waals surface area contributed by atoms with Crippen molar-refractivity contribution in [2.45, 2.75) is 4.90 Å². The predicted molar refractivity (Wildman–Crippen MR) is 74.6 cm³/mol. The van der Waals surface area contributed by atoms with Gasteiger partial charge in [0.05, 0.1) is 4.90 Å². The first kappa shape index (κ1) is 12.7. The van der Waals surface area contributed by atoms with Gasteiger partial charge in [-0.15, -0.1) is 0 Å². The number of hydrogen-bond donors (Lipinski definition) is 2. The van der Waals surface area contributed by atoms with Crippen molar-refractivity contribution in [1.29, 1.82) is 0 Å². The Kier molecular flexibility index (Phi) is 2.96. The Morgan fingerprint density at radius 1 is 1.00 bits per heavy atom. The van der Waals surface area contributed by atoms with Crippen molar-refractivity contribution in [3.05, 3.63) is 54.6 Å². The number of benzene rings is 2. The van der Waals surface area contributed by atoms with Gasteiger partial charge in [0.15, 0.2) is 5.88 Å². The molecule has 3 aromatic rings. The molecule has 0 radical (unpaired) electrons. The molecular formula is C14H11NO4S. The monoisotopic (exact) mass is 289 g/mol. The standard InChI is InChI=1S/C14H11NO4S/c16-20(17,18)12-7-5-11(6-8-12)19-14-9-10-3-1-2-4-13(10)15-14/h1-9,15H,(H,16,17,18). The molecule has 3 rings (SSSR count). The SMILES string of the molecule is O=S(=O)(O)c1ccc(Oc2cc3ccccc3[nH]2)cc1.